The summed E-state index contributed by atoms with van der Waals surface area (Å²) in [5, 5.41) is 9.91. The molecule has 13 heteroatoms. The number of carbonyl (C=O) groups is 1. The van der Waals surface area contributed by atoms with Crippen LogP contribution in [0.1, 0.15) is 44.4 Å². The molecule has 0 spiro atoms. The van der Waals surface area contributed by atoms with Crippen LogP contribution in [0.2, 0.25) is 0 Å². The molecule has 2 aromatic carbocycles. The number of alkyl halides is 3. The lowest BCUT2D eigenvalue weighted by atomic mass is 9.88. The van der Waals surface area contributed by atoms with Gasteiger partial charge in [0.05, 0.1) is 29.8 Å². The lowest BCUT2D eigenvalue weighted by molar-refractivity contribution is -0.140. The minimum absolute atomic E-state index is 0.102. The van der Waals surface area contributed by atoms with E-state index in [-0.39, 0.29) is 12.1 Å². The predicted molar refractivity (Wildman–Crippen MR) is 154 cm³/mol. The van der Waals surface area contributed by atoms with Crippen molar-refractivity contribution >= 4 is 37.9 Å². The van der Waals surface area contributed by atoms with E-state index in [2.05, 4.69) is 14.2 Å². The van der Waals surface area contributed by atoms with Gasteiger partial charge in [-0.15, -0.1) is 0 Å². The number of esters is 1. The number of nitrogens with zero attached hydrogens (tertiary/aromatic N) is 2. The van der Waals surface area contributed by atoms with Gasteiger partial charge < -0.3 is 18.8 Å². The van der Waals surface area contributed by atoms with E-state index in [1.165, 1.54) is 13.0 Å². The summed E-state index contributed by atoms with van der Waals surface area (Å²) in [6.45, 7) is 8.97. The highest BCUT2D eigenvalue weighted by Gasteiger charge is 2.48. The fourth-order valence-corrected chi connectivity index (χ4v) is 5.08. The van der Waals surface area contributed by atoms with Gasteiger partial charge in [-0.3, -0.25) is 9.78 Å². The molecular formula is C30H31F3N2O7S. The van der Waals surface area contributed by atoms with Crippen LogP contribution in [0, 0.1) is 6.92 Å². The number of aliphatic hydroxyl groups is 1. The molecule has 0 saturated heterocycles. The van der Waals surface area contributed by atoms with Gasteiger partial charge in [-0.25, -0.2) is 4.98 Å². The van der Waals surface area contributed by atoms with E-state index in [4.69, 9.17) is 14.6 Å². The van der Waals surface area contributed by atoms with Gasteiger partial charge in [0.1, 0.15) is 5.75 Å². The first-order chi connectivity index (χ1) is 20.0. The Balaban J connectivity index is 0.000000782. The summed E-state index contributed by atoms with van der Waals surface area (Å²) in [5.41, 5.74) is -1.20. The van der Waals surface area contributed by atoms with Crippen molar-refractivity contribution in [2.75, 3.05) is 13.2 Å². The van der Waals surface area contributed by atoms with Crippen molar-refractivity contribution in [3.05, 3.63) is 59.3 Å². The van der Waals surface area contributed by atoms with Crippen LogP contribution in [-0.2, 0) is 32.5 Å². The molecule has 3 heterocycles. The maximum atomic E-state index is 12.9. The largest absolute Gasteiger partial charge is 0.534 e. The van der Waals surface area contributed by atoms with Crippen molar-refractivity contribution in [3.8, 4) is 22.8 Å². The van der Waals surface area contributed by atoms with Crippen LogP contribution < -0.4 is 8.92 Å². The van der Waals surface area contributed by atoms with Crippen molar-refractivity contribution in [2.24, 2.45) is 0 Å². The number of hydrogen-bond donors (Lipinski definition) is 1. The van der Waals surface area contributed by atoms with Crippen molar-refractivity contribution in [1.29, 1.82) is 0 Å². The van der Waals surface area contributed by atoms with Gasteiger partial charge in [0.15, 0.2) is 0 Å². The van der Waals surface area contributed by atoms with Gasteiger partial charge in [-0.05, 0) is 80.3 Å². The third kappa shape index (κ3) is 7.34. The molecule has 0 radical (unpaired) electrons. The summed E-state index contributed by atoms with van der Waals surface area (Å²) in [4.78, 5) is 20.1. The summed E-state index contributed by atoms with van der Waals surface area (Å²) in [6, 6.07) is 9.77. The first-order valence-electron chi connectivity index (χ1n) is 13.3. The van der Waals surface area contributed by atoms with E-state index in [1.54, 1.807) is 40.0 Å². The highest BCUT2D eigenvalue weighted by Crippen LogP contribution is 2.42. The van der Waals surface area contributed by atoms with Crippen molar-refractivity contribution in [2.45, 2.75) is 58.6 Å². The molecule has 4 aromatic rings. The Morgan fingerprint density at radius 2 is 1.81 bits per heavy atom. The molecule has 0 unspecified atom stereocenters. The average Bonchev–Trinajstić information content (AvgIpc) is 2.88. The zero-order valence-corrected chi connectivity index (χ0v) is 25.0. The van der Waals surface area contributed by atoms with Crippen molar-refractivity contribution in [1.82, 2.24) is 9.97 Å². The summed E-state index contributed by atoms with van der Waals surface area (Å²) in [6.07, 6.45) is 2.76. The standard InChI is InChI=1S/C26H21F3N2O6S.C4H10O/c1-14-13-20-18(4-6-22(31-20)37-38(33,34)26(27,28)29)24(17(14)9-12-35-15(2)32)19-3-5-21-23-16(8-11-36-21)7-10-30-25(19)23;1-4(2,3)5/h3-7,10,13H,8-9,11-12H2,1-2H3;5H,1-3H3. The van der Waals surface area contributed by atoms with E-state index >= 15 is 0 Å². The Bertz CT molecular complexity index is 1780. The predicted octanol–water partition coefficient (Wildman–Crippen LogP) is 5.80. The number of fused-ring (bicyclic) bond motifs is 1. The topological polar surface area (TPSA) is 125 Å². The molecule has 0 amide bonds. The number of pyridine rings is 2. The van der Waals surface area contributed by atoms with Gasteiger partial charge in [0.25, 0.3) is 0 Å². The molecule has 0 fully saturated rings. The van der Waals surface area contributed by atoms with Crippen LogP contribution in [0.25, 0.3) is 32.9 Å². The number of rotatable bonds is 6. The zero-order chi connectivity index (χ0) is 31.7. The maximum Gasteiger partial charge on any atom is 0.534 e. The van der Waals surface area contributed by atoms with Crippen molar-refractivity contribution < 1.29 is 45.1 Å². The lowest BCUT2D eigenvalue weighted by Crippen LogP contribution is -2.28. The van der Waals surface area contributed by atoms with Gasteiger partial charge in [0, 0.05) is 48.4 Å². The van der Waals surface area contributed by atoms with E-state index in [0.29, 0.717) is 47.2 Å². The molecule has 1 aliphatic rings. The van der Waals surface area contributed by atoms with E-state index < -0.39 is 33.1 Å². The summed E-state index contributed by atoms with van der Waals surface area (Å²) < 4.78 is 76.9. The first kappa shape index (κ1) is 32.0. The number of aromatic nitrogens is 2. The van der Waals surface area contributed by atoms with Gasteiger partial charge in [-0.1, -0.05) is 0 Å². The highest BCUT2D eigenvalue weighted by molar-refractivity contribution is 7.87. The number of hydrogen-bond acceptors (Lipinski definition) is 9. The average molecular weight is 621 g/mol. The molecule has 5 rings (SSSR count). The van der Waals surface area contributed by atoms with Gasteiger partial charge in [-0.2, -0.15) is 21.6 Å². The summed E-state index contributed by atoms with van der Waals surface area (Å²) in [5.74, 6) is -0.446. The Morgan fingerprint density at radius 3 is 2.47 bits per heavy atom. The number of halogens is 3. The molecule has 1 N–H and O–H groups in total. The second kappa shape index (κ2) is 12.0. The first-order valence-corrected chi connectivity index (χ1v) is 14.7. The molecule has 230 valence electrons. The fourth-order valence-electron chi connectivity index (χ4n) is 4.67. The van der Waals surface area contributed by atoms with Crippen LogP contribution >= 0.6 is 0 Å². The van der Waals surface area contributed by atoms with Gasteiger partial charge in [0.2, 0.25) is 5.88 Å². The lowest BCUT2D eigenvalue weighted by Gasteiger charge is -2.22. The highest BCUT2D eigenvalue weighted by atomic mass is 32.2. The smallest absolute Gasteiger partial charge is 0.493 e. The molecule has 1 aliphatic heterocycles. The van der Waals surface area contributed by atoms with Crippen molar-refractivity contribution in [3.63, 3.8) is 0 Å². The third-order valence-corrected chi connectivity index (χ3v) is 7.23. The normalized spacial score (nSPS) is 13.2. The molecule has 43 heavy (non-hydrogen) atoms. The summed E-state index contributed by atoms with van der Waals surface area (Å²) in [7, 11) is -5.89. The summed E-state index contributed by atoms with van der Waals surface area (Å²) >= 11 is 0. The Kier molecular flexibility index (Phi) is 8.89. The van der Waals surface area contributed by atoms with Gasteiger partial charge >= 0.3 is 21.6 Å². The molecular weight excluding hydrogens is 589 g/mol. The zero-order valence-electron chi connectivity index (χ0n) is 24.2. The second-order valence-corrected chi connectivity index (χ2v) is 12.4. The molecule has 0 bridgehead atoms. The molecule has 0 saturated carbocycles. The second-order valence-electron chi connectivity index (χ2n) is 10.9. The Labute approximate surface area is 246 Å². The van der Waals surface area contributed by atoms with E-state index in [0.717, 1.165) is 28.1 Å². The quantitative estimate of drug-likeness (QED) is 0.162. The molecule has 2 aromatic heterocycles. The number of ether oxygens (including phenoxy) is 2. The third-order valence-electron chi connectivity index (χ3n) is 6.27. The van der Waals surface area contributed by atoms with Crippen LogP contribution in [0.5, 0.6) is 11.6 Å². The Hall–Kier alpha value is -3.97. The Morgan fingerprint density at radius 1 is 1.12 bits per heavy atom. The number of aryl methyl sites for hydroxylation is 1. The van der Waals surface area contributed by atoms with Crippen LogP contribution in [0.15, 0.2) is 42.6 Å². The monoisotopic (exact) mass is 620 g/mol. The van der Waals surface area contributed by atoms with Crippen LogP contribution in [-0.4, -0.2) is 53.8 Å². The minimum atomic E-state index is -5.89. The SMILES string of the molecule is CC(=O)OCCc1c(C)cc2nc(OS(=O)(=O)C(F)(F)F)ccc2c1-c1ccc2c3c(ccnc13)CCO2.CC(C)(C)O. The molecule has 0 aliphatic carbocycles. The number of carbonyl (C=O) groups excluding carboxylic acids is 1. The van der Waals surface area contributed by atoms with E-state index in [1.807, 2.05) is 18.2 Å². The molecule has 9 nitrogen and oxygen atoms in total. The van der Waals surface area contributed by atoms with E-state index in [9.17, 15) is 26.4 Å². The van der Waals surface area contributed by atoms with Crippen LogP contribution in [0.4, 0.5) is 13.2 Å². The van der Waals surface area contributed by atoms with Crippen LogP contribution in [0.3, 0.4) is 0 Å². The maximum absolute atomic E-state index is 12.9. The molecule has 0 atom stereocenters. The fraction of sp³-hybridized carbons (Fsp3) is 0.367. The number of benzene rings is 2. The minimum Gasteiger partial charge on any atom is -0.493 e.